The van der Waals surface area contributed by atoms with Crippen LogP contribution in [-0.2, 0) is 0 Å². The minimum atomic E-state index is -0.240. The molecule has 0 fully saturated rings. The van der Waals surface area contributed by atoms with Crippen LogP contribution in [0.15, 0.2) is 53.4 Å². The second kappa shape index (κ2) is 6.28. The summed E-state index contributed by atoms with van der Waals surface area (Å²) in [5, 5.41) is 4.25. The van der Waals surface area contributed by atoms with Gasteiger partial charge in [-0.15, -0.1) is 0 Å². The van der Waals surface area contributed by atoms with Gasteiger partial charge < -0.3 is 0 Å². The van der Waals surface area contributed by atoms with Crippen LogP contribution in [0.3, 0.4) is 0 Å². The number of hydrogen-bond donors (Lipinski definition) is 1. The Balaban J connectivity index is 2.07. The van der Waals surface area contributed by atoms with Gasteiger partial charge in [0, 0.05) is 12.4 Å². The molecule has 4 heteroatoms. The SMILES string of the molecule is C=C(C)C1CC=C(C)/C(=N/NC(=O)c2cccnc2)C1. The molecule has 104 valence electrons. The van der Waals surface area contributed by atoms with E-state index >= 15 is 0 Å². The molecule has 0 bridgehead atoms. The highest BCUT2D eigenvalue weighted by Gasteiger charge is 2.18. The summed E-state index contributed by atoms with van der Waals surface area (Å²) in [5.41, 5.74) is 6.29. The first kappa shape index (κ1) is 14.2. The van der Waals surface area contributed by atoms with Crippen LogP contribution >= 0.6 is 0 Å². The van der Waals surface area contributed by atoms with Crippen molar-refractivity contribution in [1.82, 2.24) is 10.4 Å². The molecule has 0 saturated carbocycles. The van der Waals surface area contributed by atoms with Gasteiger partial charge in [-0.1, -0.05) is 18.2 Å². The van der Waals surface area contributed by atoms with Gasteiger partial charge in [0.2, 0.25) is 0 Å². The van der Waals surface area contributed by atoms with E-state index in [1.165, 1.54) is 6.20 Å². The molecule has 0 aliphatic heterocycles. The summed E-state index contributed by atoms with van der Waals surface area (Å²) in [6, 6.07) is 3.44. The number of nitrogens with one attached hydrogen (secondary N) is 1. The zero-order valence-corrected chi connectivity index (χ0v) is 11.9. The third-order valence-corrected chi connectivity index (χ3v) is 3.52. The van der Waals surface area contributed by atoms with Gasteiger partial charge in [0.15, 0.2) is 0 Å². The Morgan fingerprint density at radius 2 is 2.35 bits per heavy atom. The number of hydrogen-bond acceptors (Lipinski definition) is 3. The second-order valence-corrected chi connectivity index (χ2v) is 5.11. The van der Waals surface area contributed by atoms with Crippen molar-refractivity contribution in [3.8, 4) is 0 Å². The highest BCUT2D eigenvalue weighted by Crippen LogP contribution is 2.26. The molecule has 0 spiro atoms. The molecule has 20 heavy (non-hydrogen) atoms. The highest BCUT2D eigenvalue weighted by atomic mass is 16.2. The lowest BCUT2D eigenvalue weighted by atomic mass is 9.85. The predicted octanol–water partition coefficient (Wildman–Crippen LogP) is 3.10. The number of carbonyl (C=O) groups excluding carboxylic acids is 1. The van der Waals surface area contributed by atoms with Crippen molar-refractivity contribution >= 4 is 11.6 Å². The third-order valence-electron chi connectivity index (χ3n) is 3.52. The Morgan fingerprint density at radius 3 is 3.00 bits per heavy atom. The molecule has 1 heterocycles. The summed E-state index contributed by atoms with van der Waals surface area (Å²) in [6.07, 6.45) is 7.13. The van der Waals surface area contributed by atoms with Gasteiger partial charge in [-0.05, 0) is 50.3 Å². The average Bonchev–Trinajstić information content (AvgIpc) is 2.46. The van der Waals surface area contributed by atoms with E-state index in [9.17, 15) is 4.79 Å². The van der Waals surface area contributed by atoms with Crippen LogP contribution in [0.1, 0.15) is 37.0 Å². The Kier molecular flexibility index (Phi) is 4.45. The number of hydrazone groups is 1. The number of rotatable bonds is 3. The summed E-state index contributed by atoms with van der Waals surface area (Å²) in [7, 11) is 0. The van der Waals surface area contributed by atoms with Gasteiger partial charge in [-0.3, -0.25) is 9.78 Å². The van der Waals surface area contributed by atoms with Gasteiger partial charge in [0.25, 0.3) is 5.91 Å². The summed E-state index contributed by atoms with van der Waals surface area (Å²) in [4.78, 5) is 15.8. The lowest BCUT2D eigenvalue weighted by Gasteiger charge is -2.22. The molecule has 0 radical (unpaired) electrons. The molecule has 1 unspecified atom stereocenters. The zero-order chi connectivity index (χ0) is 14.5. The fraction of sp³-hybridized carbons (Fsp3) is 0.312. The quantitative estimate of drug-likeness (QED) is 0.677. The molecule has 1 aliphatic rings. The van der Waals surface area contributed by atoms with Gasteiger partial charge in [0.1, 0.15) is 0 Å². The van der Waals surface area contributed by atoms with E-state index in [0.29, 0.717) is 11.5 Å². The Morgan fingerprint density at radius 1 is 1.55 bits per heavy atom. The average molecular weight is 269 g/mol. The Labute approximate surface area is 119 Å². The van der Waals surface area contributed by atoms with Crippen molar-refractivity contribution in [3.63, 3.8) is 0 Å². The monoisotopic (exact) mass is 269 g/mol. The minimum Gasteiger partial charge on any atom is -0.267 e. The van der Waals surface area contributed by atoms with Crippen LogP contribution in [0.4, 0.5) is 0 Å². The maximum atomic E-state index is 11.9. The first-order valence-electron chi connectivity index (χ1n) is 6.67. The topological polar surface area (TPSA) is 54.4 Å². The van der Waals surface area contributed by atoms with Crippen LogP contribution in [0, 0.1) is 5.92 Å². The van der Waals surface area contributed by atoms with Gasteiger partial charge in [-0.25, -0.2) is 5.43 Å². The van der Waals surface area contributed by atoms with E-state index in [4.69, 9.17) is 0 Å². The van der Waals surface area contributed by atoms with Crippen LogP contribution in [0.2, 0.25) is 0 Å². The Bertz CT molecular complexity index is 573. The van der Waals surface area contributed by atoms with Crippen molar-refractivity contribution < 1.29 is 4.79 Å². The molecule has 2 rings (SSSR count). The predicted molar refractivity (Wildman–Crippen MR) is 80.4 cm³/mol. The lowest BCUT2D eigenvalue weighted by Crippen LogP contribution is -2.23. The normalized spacial score (nSPS) is 20.4. The standard InChI is InChI=1S/C16H19N3O/c1-11(2)13-7-6-12(3)15(9-13)18-19-16(20)14-5-4-8-17-10-14/h4-6,8,10,13H,1,7,9H2,2-3H3,(H,19,20)/b18-15+. The van der Waals surface area contributed by atoms with Crippen molar-refractivity contribution in [1.29, 1.82) is 0 Å². The number of pyridine rings is 1. The molecular weight excluding hydrogens is 250 g/mol. The molecule has 1 atom stereocenters. The molecule has 4 nitrogen and oxygen atoms in total. The Hall–Kier alpha value is -2.23. The largest absolute Gasteiger partial charge is 0.272 e. The molecular formula is C16H19N3O. The number of carbonyl (C=O) groups is 1. The van der Waals surface area contributed by atoms with Crippen LogP contribution in [-0.4, -0.2) is 16.6 Å². The molecule has 0 aromatic carbocycles. The first-order valence-corrected chi connectivity index (χ1v) is 6.67. The lowest BCUT2D eigenvalue weighted by molar-refractivity contribution is 0.0954. The molecule has 1 N–H and O–H groups in total. The van der Waals surface area contributed by atoms with E-state index in [1.54, 1.807) is 18.3 Å². The van der Waals surface area contributed by atoms with E-state index < -0.39 is 0 Å². The van der Waals surface area contributed by atoms with E-state index in [-0.39, 0.29) is 5.91 Å². The summed E-state index contributed by atoms with van der Waals surface area (Å²) in [6.45, 7) is 8.05. The van der Waals surface area contributed by atoms with E-state index in [2.05, 4.69) is 28.2 Å². The first-order chi connectivity index (χ1) is 9.58. The highest BCUT2D eigenvalue weighted by molar-refractivity contribution is 6.02. The number of nitrogens with zero attached hydrogens (tertiary/aromatic N) is 2. The molecule has 1 aromatic heterocycles. The van der Waals surface area contributed by atoms with Crippen molar-refractivity contribution in [2.24, 2.45) is 11.0 Å². The smallest absolute Gasteiger partial charge is 0.267 e. The van der Waals surface area contributed by atoms with Crippen molar-refractivity contribution in [2.45, 2.75) is 26.7 Å². The summed E-state index contributed by atoms with van der Waals surface area (Å²) in [5.74, 6) is 0.170. The maximum absolute atomic E-state index is 11.9. The van der Waals surface area contributed by atoms with Crippen LogP contribution in [0.25, 0.3) is 0 Å². The number of amides is 1. The summed E-state index contributed by atoms with van der Waals surface area (Å²) < 4.78 is 0. The number of aromatic nitrogens is 1. The van der Waals surface area contributed by atoms with Gasteiger partial charge >= 0.3 is 0 Å². The van der Waals surface area contributed by atoms with Crippen molar-refractivity contribution in [3.05, 3.63) is 53.9 Å². The molecule has 0 saturated heterocycles. The minimum absolute atomic E-state index is 0.240. The van der Waals surface area contributed by atoms with Crippen LogP contribution in [0.5, 0.6) is 0 Å². The van der Waals surface area contributed by atoms with Gasteiger partial charge in [0.05, 0.1) is 11.3 Å². The van der Waals surface area contributed by atoms with Crippen molar-refractivity contribution in [2.75, 3.05) is 0 Å². The molecule has 1 aromatic rings. The molecule has 1 amide bonds. The van der Waals surface area contributed by atoms with E-state index in [0.717, 1.165) is 29.7 Å². The fourth-order valence-electron chi connectivity index (χ4n) is 2.10. The van der Waals surface area contributed by atoms with Crippen LogP contribution < -0.4 is 5.43 Å². The van der Waals surface area contributed by atoms with Gasteiger partial charge in [-0.2, -0.15) is 5.10 Å². The second-order valence-electron chi connectivity index (χ2n) is 5.11. The summed E-state index contributed by atoms with van der Waals surface area (Å²) >= 11 is 0. The fourth-order valence-corrected chi connectivity index (χ4v) is 2.10. The van der Waals surface area contributed by atoms with E-state index in [1.807, 2.05) is 13.8 Å². The molecule has 1 aliphatic carbocycles. The maximum Gasteiger partial charge on any atom is 0.272 e. The zero-order valence-electron chi connectivity index (χ0n) is 11.9. The third kappa shape index (κ3) is 3.41. The number of allylic oxidation sites excluding steroid dienone is 3.